The summed E-state index contributed by atoms with van der Waals surface area (Å²) in [6, 6.07) is 4.47. The molecule has 0 radical (unpaired) electrons. The molecule has 1 saturated heterocycles. The number of carbonyl (C=O) groups is 2. The van der Waals surface area contributed by atoms with Crippen molar-refractivity contribution in [3.8, 4) is 5.75 Å². The van der Waals surface area contributed by atoms with Gasteiger partial charge in [-0.3, -0.25) is 9.59 Å². The monoisotopic (exact) mass is 398 g/mol. The summed E-state index contributed by atoms with van der Waals surface area (Å²) in [5, 5.41) is 4.93. The highest BCUT2D eigenvalue weighted by Gasteiger charge is 2.29. The second-order valence-electron chi connectivity index (χ2n) is 6.09. The number of nitrogens with two attached hydrogens (primary N) is 1. The van der Waals surface area contributed by atoms with Crippen molar-refractivity contribution in [3.63, 3.8) is 0 Å². The first-order valence-electron chi connectivity index (χ1n) is 8.92. The molecule has 150 valence electrons. The molecule has 27 heavy (non-hydrogen) atoms. The zero-order valence-corrected chi connectivity index (χ0v) is 16.2. The molecular weight excluding hydrogens is 372 g/mol. The minimum atomic E-state index is -3.73. The van der Waals surface area contributed by atoms with Gasteiger partial charge in [-0.2, -0.15) is 4.31 Å². The molecule has 0 aromatic heterocycles. The molecule has 0 bridgehead atoms. The van der Waals surface area contributed by atoms with Crippen molar-refractivity contribution in [2.75, 3.05) is 38.1 Å². The Morgan fingerprint density at radius 2 is 1.89 bits per heavy atom. The number of carbonyl (C=O) groups excluding carboxylic acids is 2. The quantitative estimate of drug-likeness (QED) is 0.576. The highest BCUT2D eigenvalue weighted by molar-refractivity contribution is 7.89. The van der Waals surface area contributed by atoms with E-state index in [-0.39, 0.29) is 23.7 Å². The van der Waals surface area contributed by atoms with Gasteiger partial charge in [-0.25, -0.2) is 8.42 Å². The molecular formula is C17H26N4O5S. The predicted octanol–water partition coefficient (Wildman–Crippen LogP) is 0.273. The molecule has 9 nitrogen and oxygen atoms in total. The second kappa shape index (κ2) is 9.67. The molecule has 0 aliphatic carbocycles. The lowest BCUT2D eigenvalue weighted by molar-refractivity contribution is -0.123. The highest BCUT2D eigenvalue weighted by Crippen LogP contribution is 2.31. The topological polar surface area (TPSA) is 131 Å². The van der Waals surface area contributed by atoms with Crippen LogP contribution in [0.3, 0.4) is 0 Å². The zero-order valence-electron chi connectivity index (χ0n) is 15.4. The SMILES string of the molecule is CCOc1ccc(NC(=O)CNC(=O)CN)cc1S(=O)(=O)N1CCCCC1. The van der Waals surface area contributed by atoms with Gasteiger partial charge in [0.1, 0.15) is 10.6 Å². The maximum absolute atomic E-state index is 13.0. The van der Waals surface area contributed by atoms with Crippen molar-refractivity contribution in [3.05, 3.63) is 18.2 Å². The molecule has 10 heteroatoms. The van der Waals surface area contributed by atoms with Crippen molar-refractivity contribution in [2.24, 2.45) is 5.73 Å². The van der Waals surface area contributed by atoms with E-state index in [1.807, 2.05) is 0 Å². The van der Waals surface area contributed by atoms with Crippen LogP contribution in [0.15, 0.2) is 23.1 Å². The Labute approximate surface area is 159 Å². The van der Waals surface area contributed by atoms with Crippen molar-refractivity contribution < 1.29 is 22.7 Å². The van der Waals surface area contributed by atoms with Crippen LogP contribution in [0.2, 0.25) is 0 Å². The van der Waals surface area contributed by atoms with E-state index in [1.165, 1.54) is 16.4 Å². The van der Waals surface area contributed by atoms with Crippen LogP contribution in [0.25, 0.3) is 0 Å². The lowest BCUT2D eigenvalue weighted by atomic mass is 10.2. The summed E-state index contributed by atoms with van der Waals surface area (Å²) >= 11 is 0. The number of benzene rings is 1. The van der Waals surface area contributed by atoms with Crippen molar-refractivity contribution in [1.82, 2.24) is 9.62 Å². The summed E-state index contributed by atoms with van der Waals surface area (Å²) < 4.78 is 33.0. The van der Waals surface area contributed by atoms with Gasteiger partial charge < -0.3 is 21.1 Å². The normalized spacial score (nSPS) is 15.2. The van der Waals surface area contributed by atoms with Crippen molar-refractivity contribution >= 4 is 27.5 Å². The number of ether oxygens (including phenoxy) is 1. The van der Waals surface area contributed by atoms with E-state index in [9.17, 15) is 18.0 Å². The van der Waals surface area contributed by atoms with E-state index in [4.69, 9.17) is 10.5 Å². The van der Waals surface area contributed by atoms with Crippen LogP contribution in [0.5, 0.6) is 5.75 Å². The van der Waals surface area contributed by atoms with Crippen molar-refractivity contribution in [2.45, 2.75) is 31.1 Å². The van der Waals surface area contributed by atoms with Crippen LogP contribution in [-0.2, 0) is 19.6 Å². The molecule has 4 N–H and O–H groups in total. The van der Waals surface area contributed by atoms with E-state index >= 15 is 0 Å². The van der Waals surface area contributed by atoms with Gasteiger partial charge in [0.25, 0.3) is 0 Å². The summed E-state index contributed by atoms with van der Waals surface area (Å²) in [4.78, 5) is 23.1. The van der Waals surface area contributed by atoms with E-state index in [0.29, 0.717) is 25.4 Å². The Morgan fingerprint density at radius 1 is 1.19 bits per heavy atom. The minimum Gasteiger partial charge on any atom is -0.492 e. The Hall–Kier alpha value is -2.17. The Morgan fingerprint density at radius 3 is 2.52 bits per heavy atom. The predicted molar refractivity (Wildman–Crippen MR) is 101 cm³/mol. The first-order chi connectivity index (χ1) is 12.9. The van der Waals surface area contributed by atoms with Crippen LogP contribution in [0, 0.1) is 0 Å². The summed E-state index contributed by atoms with van der Waals surface area (Å²) in [6.07, 6.45) is 2.65. The summed E-state index contributed by atoms with van der Waals surface area (Å²) in [5.74, 6) is -0.690. The van der Waals surface area contributed by atoms with Crippen LogP contribution in [0.4, 0.5) is 5.69 Å². The number of hydrogen-bond acceptors (Lipinski definition) is 6. The van der Waals surface area contributed by atoms with E-state index < -0.39 is 21.8 Å². The Kier molecular flexibility index (Phi) is 7.57. The maximum Gasteiger partial charge on any atom is 0.246 e. The number of amides is 2. The van der Waals surface area contributed by atoms with Gasteiger partial charge in [0.15, 0.2) is 0 Å². The molecule has 1 fully saturated rings. The van der Waals surface area contributed by atoms with Crippen molar-refractivity contribution in [1.29, 1.82) is 0 Å². The fourth-order valence-electron chi connectivity index (χ4n) is 2.76. The average Bonchev–Trinajstić information content (AvgIpc) is 2.68. The lowest BCUT2D eigenvalue weighted by Crippen LogP contribution is -2.37. The average molecular weight is 398 g/mol. The number of anilines is 1. The fourth-order valence-corrected chi connectivity index (χ4v) is 4.44. The molecule has 2 rings (SSSR count). The Balaban J connectivity index is 2.23. The molecule has 1 aromatic rings. The van der Waals surface area contributed by atoms with E-state index in [0.717, 1.165) is 19.3 Å². The molecule has 1 aromatic carbocycles. The molecule has 0 atom stereocenters. The van der Waals surface area contributed by atoms with Gasteiger partial charge in [0, 0.05) is 18.8 Å². The molecule has 1 aliphatic rings. The second-order valence-corrected chi connectivity index (χ2v) is 7.99. The molecule has 1 aliphatic heterocycles. The van der Waals surface area contributed by atoms with Gasteiger partial charge in [0.05, 0.1) is 19.7 Å². The third-order valence-corrected chi connectivity index (χ3v) is 6.01. The Bertz CT molecular complexity index is 776. The van der Waals surface area contributed by atoms with Crippen LogP contribution < -0.4 is 21.1 Å². The van der Waals surface area contributed by atoms with E-state index in [2.05, 4.69) is 10.6 Å². The van der Waals surface area contributed by atoms with Gasteiger partial charge in [-0.05, 0) is 38.0 Å². The van der Waals surface area contributed by atoms with Gasteiger partial charge in [0.2, 0.25) is 21.8 Å². The highest BCUT2D eigenvalue weighted by atomic mass is 32.2. The van der Waals surface area contributed by atoms with E-state index in [1.54, 1.807) is 13.0 Å². The molecule has 0 spiro atoms. The third-order valence-electron chi connectivity index (χ3n) is 4.09. The molecule has 1 heterocycles. The van der Waals surface area contributed by atoms with Crippen LogP contribution in [-0.4, -0.2) is 57.3 Å². The number of rotatable bonds is 8. The standard InChI is InChI=1S/C17H26N4O5S/c1-2-26-14-7-6-13(20-17(23)12-19-16(22)11-18)10-15(14)27(24,25)21-8-4-3-5-9-21/h6-7,10H,2-5,8-9,11-12,18H2,1H3,(H,19,22)(H,20,23). The summed E-state index contributed by atoms with van der Waals surface area (Å²) in [7, 11) is -3.73. The first-order valence-corrected chi connectivity index (χ1v) is 10.4. The fraction of sp³-hybridized carbons (Fsp3) is 0.529. The van der Waals surface area contributed by atoms with Gasteiger partial charge >= 0.3 is 0 Å². The number of nitrogens with one attached hydrogen (secondary N) is 2. The molecule has 0 saturated carbocycles. The third kappa shape index (κ3) is 5.65. The molecule has 0 unspecified atom stereocenters. The summed E-state index contributed by atoms with van der Waals surface area (Å²) in [5.41, 5.74) is 5.47. The number of sulfonamides is 1. The lowest BCUT2D eigenvalue weighted by Gasteiger charge is -2.27. The van der Waals surface area contributed by atoms with Crippen LogP contribution in [0.1, 0.15) is 26.2 Å². The number of piperidine rings is 1. The smallest absolute Gasteiger partial charge is 0.246 e. The maximum atomic E-state index is 13.0. The number of nitrogens with zero attached hydrogens (tertiary/aromatic N) is 1. The largest absolute Gasteiger partial charge is 0.492 e. The zero-order chi connectivity index (χ0) is 19.9. The minimum absolute atomic E-state index is 0.0232. The van der Waals surface area contributed by atoms with Gasteiger partial charge in [-0.1, -0.05) is 6.42 Å². The van der Waals surface area contributed by atoms with Crippen LogP contribution >= 0.6 is 0 Å². The first kappa shape index (κ1) is 21.1. The number of hydrogen-bond donors (Lipinski definition) is 3. The molecule has 2 amide bonds. The van der Waals surface area contributed by atoms with Gasteiger partial charge in [-0.15, -0.1) is 0 Å². The summed E-state index contributed by atoms with van der Waals surface area (Å²) in [6.45, 7) is 2.56.